The van der Waals surface area contributed by atoms with Gasteiger partial charge in [0.15, 0.2) is 9.84 Å². The number of hydrogen-bond donors (Lipinski definition) is 1. The summed E-state index contributed by atoms with van der Waals surface area (Å²) in [6, 6.07) is 4.09. The molecule has 0 saturated carbocycles. The fourth-order valence-electron chi connectivity index (χ4n) is 2.52. The summed E-state index contributed by atoms with van der Waals surface area (Å²) in [7, 11) is -5.39. The van der Waals surface area contributed by atoms with Gasteiger partial charge in [-0.3, -0.25) is 0 Å². The average Bonchev–Trinajstić information content (AvgIpc) is 2.41. The summed E-state index contributed by atoms with van der Waals surface area (Å²) in [5.74, 6) is -0.355. The van der Waals surface area contributed by atoms with Crippen LogP contribution in [0.4, 0.5) is 0 Å². The van der Waals surface area contributed by atoms with Gasteiger partial charge >= 0.3 is 0 Å². The van der Waals surface area contributed by atoms with Crippen LogP contribution in [0.3, 0.4) is 0 Å². The second-order valence-electron chi connectivity index (χ2n) is 7.31. The fourth-order valence-corrected chi connectivity index (χ4v) is 5.05. The second kappa shape index (κ2) is 7.54. The lowest BCUT2D eigenvalue weighted by Crippen LogP contribution is -2.24. The first-order valence-electron chi connectivity index (χ1n) is 8.00. The summed E-state index contributed by atoms with van der Waals surface area (Å²) in [6.45, 7) is 10.2. The number of aryl methyl sites for hydroxylation is 2. The first-order valence-corrected chi connectivity index (χ1v) is 11.5. The van der Waals surface area contributed by atoms with Crippen molar-refractivity contribution in [3.05, 3.63) is 34.4 Å². The zero-order chi connectivity index (χ0) is 18.8. The molecule has 0 radical (unpaired) electrons. The fraction of sp³-hybridized carbons (Fsp3) is 0.647. The third kappa shape index (κ3) is 6.18. The largest absolute Gasteiger partial charge is 0.228 e. The number of hydrogen-bond acceptors (Lipinski definition) is 4. The molecule has 138 valence electrons. The van der Waals surface area contributed by atoms with Gasteiger partial charge in [-0.1, -0.05) is 32.9 Å². The van der Waals surface area contributed by atoms with Gasteiger partial charge in [0.25, 0.3) is 0 Å². The van der Waals surface area contributed by atoms with E-state index in [-0.39, 0.29) is 29.1 Å². The molecule has 0 fully saturated rings. The first kappa shape index (κ1) is 21.1. The molecule has 0 amide bonds. The highest BCUT2D eigenvalue weighted by Gasteiger charge is 2.20. The number of nitrogens with one attached hydrogen (secondary N) is 1. The van der Waals surface area contributed by atoms with Crippen molar-refractivity contribution in [1.82, 2.24) is 4.72 Å². The molecule has 0 aromatic heterocycles. The van der Waals surface area contributed by atoms with Crippen LogP contribution in [-0.4, -0.2) is 35.4 Å². The van der Waals surface area contributed by atoms with Crippen LogP contribution in [0.2, 0.25) is 0 Å². The number of sulfonamides is 1. The van der Waals surface area contributed by atoms with Crippen molar-refractivity contribution in [2.75, 3.05) is 18.6 Å². The van der Waals surface area contributed by atoms with Crippen LogP contribution in [0.15, 0.2) is 12.1 Å². The lowest BCUT2D eigenvalue weighted by Gasteiger charge is -2.22. The highest BCUT2D eigenvalue weighted by Crippen LogP contribution is 2.28. The van der Waals surface area contributed by atoms with Gasteiger partial charge in [-0.25, -0.2) is 21.6 Å². The summed E-state index contributed by atoms with van der Waals surface area (Å²) < 4.78 is 49.6. The van der Waals surface area contributed by atoms with Crippen LogP contribution < -0.4 is 4.72 Å². The Morgan fingerprint density at radius 3 is 1.88 bits per heavy atom. The van der Waals surface area contributed by atoms with Crippen LogP contribution in [0, 0.1) is 13.8 Å². The molecule has 1 rings (SSSR count). The van der Waals surface area contributed by atoms with E-state index >= 15 is 0 Å². The number of sulfone groups is 1. The van der Waals surface area contributed by atoms with E-state index in [1.165, 1.54) is 12.6 Å². The van der Waals surface area contributed by atoms with E-state index in [0.717, 1.165) is 16.7 Å². The van der Waals surface area contributed by atoms with Crippen molar-refractivity contribution in [2.45, 2.75) is 52.2 Å². The summed E-state index contributed by atoms with van der Waals surface area (Å²) in [5, 5.41) is 0. The van der Waals surface area contributed by atoms with Gasteiger partial charge in [0.1, 0.15) is 0 Å². The zero-order valence-corrected chi connectivity index (χ0v) is 17.1. The molecule has 5 nitrogen and oxygen atoms in total. The lowest BCUT2D eigenvalue weighted by atomic mass is 9.84. The maximum absolute atomic E-state index is 12.3. The van der Waals surface area contributed by atoms with E-state index in [9.17, 15) is 16.8 Å². The van der Waals surface area contributed by atoms with Crippen molar-refractivity contribution in [3.8, 4) is 0 Å². The van der Waals surface area contributed by atoms with Gasteiger partial charge in [0, 0.05) is 0 Å². The van der Waals surface area contributed by atoms with E-state index in [4.69, 9.17) is 0 Å². The molecular weight excluding hydrogens is 346 g/mol. The quantitative estimate of drug-likeness (QED) is 0.794. The van der Waals surface area contributed by atoms with E-state index in [2.05, 4.69) is 25.5 Å². The lowest BCUT2D eigenvalue weighted by molar-refractivity contribution is 0.584. The minimum Gasteiger partial charge on any atom is -0.228 e. The van der Waals surface area contributed by atoms with Gasteiger partial charge in [-0.2, -0.15) is 0 Å². The molecule has 1 aromatic carbocycles. The Bertz CT molecular complexity index is 765. The zero-order valence-electron chi connectivity index (χ0n) is 15.4. The molecule has 0 atom stereocenters. The van der Waals surface area contributed by atoms with Crippen LogP contribution in [0.1, 0.15) is 49.4 Å². The van der Waals surface area contributed by atoms with E-state index in [0.29, 0.717) is 0 Å². The Hall–Kier alpha value is -0.920. The second-order valence-corrected chi connectivity index (χ2v) is 11.5. The normalized spacial score (nSPS) is 13.2. The van der Waals surface area contributed by atoms with Crippen molar-refractivity contribution >= 4 is 19.9 Å². The predicted molar refractivity (Wildman–Crippen MR) is 99.6 cm³/mol. The molecule has 0 aliphatic carbocycles. The summed E-state index contributed by atoms with van der Waals surface area (Å²) in [4.78, 5) is 0. The molecule has 0 heterocycles. The highest BCUT2D eigenvalue weighted by atomic mass is 32.2. The molecule has 7 heteroatoms. The Kier molecular flexibility index (Phi) is 6.63. The van der Waals surface area contributed by atoms with Crippen LogP contribution in [-0.2, 0) is 31.0 Å². The number of benzene rings is 1. The third-order valence-electron chi connectivity index (χ3n) is 4.11. The Labute approximate surface area is 146 Å². The van der Waals surface area contributed by atoms with Crippen LogP contribution >= 0.6 is 0 Å². The Balaban J connectivity index is 2.92. The van der Waals surface area contributed by atoms with Gasteiger partial charge in [-0.05, 0) is 55.0 Å². The summed E-state index contributed by atoms with van der Waals surface area (Å²) >= 11 is 0. The molecule has 0 unspecified atom stereocenters. The van der Waals surface area contributed by atoms with Crippen molar-refractivity contribution in [3.63, 3.8) is 0 Å². The SMILES string of the molecule is CNS(=O)(=O)CCCS(=O)(=O)Cc1c(C)cc(C(C)(C)C)cc1C. The third-order valence-corrected chi connectivity index (χ3v) is 7.19. The van der Waals surface area contributed by atoms with Crippen molar-refractivity contribution in [1.29, 1.82) is 0 Å². The monoisotopic (exact) mass is 375 g/mol. The Morgan fingerprint density at radius 2 is 1.46 bits per heavy atom. The van der Waals surface area contributed by atoms with Gasteiger partial charge in [0.2, 0.25) is 10.0 Å². The minimum absolute atomic E-state index is 0.00837. The number of rotatable bonds is 7. The van der Waals surface area contributed by atoms with E-state index in [1.807, 2.05) is 26.0 Å². The molecule has 0 saturated heterocycles. The van der Waals surface area contributed by atoms with Gasteiger partial charge in [0.05, 0.1) is 17.3 Å². The molecule has 0 spiro atoms. The highest BCUT2D eigenvalue weighted by molar-refractivity contribution is 7.91. The van der Waals surface area contributed by atoms with Crippen molar-refractivity contribution in [2.24, 2.45) is 0 Å². The minimum atomic E-state index is -3.37. The smallest absolute Gasteiger partial charge is 0.211 e. The molecule has 1 N–H and O–H groups in total. The molecule has 0 bridgehead atoms. The van der Waals surface area contributed by atoms with E-state index in [1.54, 1.807) is 0 Å². The maximum atomic E-state index is 12.3. The Morgan fingerprint density at radius 1 is 0.958 bits per heavy atom. The molecule has 0 aliphatic heterocycles. The van der Waals surface area contributed by atoms with Crippen LogP contribution in [0.25, 0.3) is 0 Å². The predicted octanol–water partition coefficient (Wildman–Crippen LogP) is 2.46. The van der Waals surface area contributed by atoms with Gasteiger partial charge < -0.3 is 0 Å². The molecular formula is C17H29NO4S2. The van der Waals surface area contributed by atoms with Crippen molar-refractivity contribution < 1.29 is 16.8 Å². The van der Waals surface area contributed by atoms with Gasteiger partial charge in [-0.15, -0.1) is 0 Å². The van der Waals surface area contributed by atoms with E-state index < -0.39 is 19.9 Å². The first-order chi connectivity index (χ1) is 10.8. The standard InChI is InChI=1S/C17H29NO4S2/c1-13-10-15(17(3,4)5)11-14(2)16(13)12-23(19,20)8-7-9-24(21,22)18-6/h10-11,18H,7-9,12H2,1-6H3. The maximum Gasteiger partial charge on any atom is 0.211 e. The molecule has 24 heavy (non-hydrogen) atoms. The summed E-state index contributed by atoms with van der Waals surface area (Å²) in [5.41, 5.74) is 3.94. The molecule has 0 aliphatic rings. The molecule has 1 aromatic rings. The van der Waals surface area contributed by atoms with Crippen LogP contribution in [0.5, 0.6) is 0 Å². The summed E-state index contributed by atoms with van der Waals surface area (Å²) in [6.07, 6.45) is 0.101. The average molecular weight is 376 g/mol. The topological polar surface area (TPSA) is 80.3 Å².